The number of methoxy groups -OCH3 is 1. The molecule has 2 heterocycles. The summed E-state index contributed by atoms with van der Waals surface area (Å²) in [7, 11) is 1.68. The number of hydrogen-bond acceptors (Lipinski definition) is 7. The number of nitrogens with one attached hydrogen (secondary N) is 3. The van der Waals surface area contributed by atoms with Gasteiger partial charge in [0.05, 0.1) is 16.8 Å². The van der Waals surface area contributed by atoms with Gasteiger partial charge in [0, 0.05) is 54.8 Å². The summed E-state index contributed by atoms with van der Waals surface area (Å²) in [5.41, 5.74) is 2.25. The lowest BCUT2D eigenvalue weighted by Crippen LogP contribution is -2.35. The Kier molecular flexibility index (Phi) is 8.83. The van der Waals surface area contributed by atoms with E-state index in [4.69, 9.17) is 9.47 Å². The van der Waals surface area contributed by atoms with Crippen LogP contribution < -0.4 is 20.7 Å². The van der Waals surface area contributed by atoms with Crippen LogP contribution in [0.1, 0.15) is 18.4 Å². The minimum atomic E-state index is -1.26. The summed E-state index contributed by atoms with van der Waals surface area (Å²) >= 11 is 1.50. The molecule has 0 bridgehead atoms. The number of pyridine rings is 1. The largest absolute Gasteiger partial charge is 0.453 e. The monoisotopic (exact) mass is 628 g/mol. The number of nitrogens with zero attached hydrogens (tertiary/aromatic N) is 1. The zero-order valence-corrected chi connectivity index (χ0v) is 25.2. The quantitative estimate of drug-likeness (QED) is 0.100. The molecule has 230 valence electrons. The van der Waals surface area contributed by atoms with Crippen LogP contribution in [0.25, 0.3) is 20.7 Å². The third-order valence-corrected chi connectivity index (χ3v) is 8.75. The minimum Gasteiger partial charge on any atom is -0.453 e. The number of aromatic nitrogens is 1. The standard InChI is InChI=1S/C34H30F2N4O4S/c1-43-17-16-37-20-21-2-4-22(5-3-21)30-19-27-31(45-30)29(12-15-38-27)44-28-11-10-25(18-26(28)36)40-33(42)34(13-14-34)32(41)39-24-8-6-23(35)7-9-24/h2-12,15,18-19,37H,13-14,16-17,20H2,1H3,(H,39,41)(H,40,42). The Hall–Kier alpha value is -4.71. The average molecular weight is 629 g/mol. The molecule has 2 aromatic heterocycles. The van der Waals surface area contributed by atoms with Gasteiger partial charge in [-0.05, 0) is 66.4 Å². The van der Waals surface area contributed by atoms with Gasteiger partial charge in [-0.15, -0.1) is 11.3 Å². The van der Waals surface area contributed by atoms with Crippen molar-refractivity contribution in [3.63, 3.8) is 0 Å². The van der Waals surface area contributed by atoms with Crippen LogP contribution >= 0.6 is 11.3 Å². The molecule has 0 saturated heterocycles. The maximum atomic E-state index is 15.2. The minimum absolute atomic E-state index is 0.0176. The number of thiophene rings is 1. The molecule has 3 aromatic carbocycles. The zero-order valence-electron chi connectivity index (χ0n) is 24.4. The third kappa shape index (κ3) is 6.85. The Labute approximate surface area is 262 Å². The average Bonchev–Trinajstić information content (AvgIpc) is 3.75. The first kappa shape index (κ1) is 30.3. The van der Waals surface area contributed by atoms with Gasteiger partial charge in [0.1, 0.15) is 17.0 Å². The van der Waals surface area contributed by atoms with E-state index < -0.39 is 28.9 Å². The second-order valence-electron chi connectivity index (χ2n) is 10.7. The number of amides is 2. The predicted molar refractivity (Wildman–Crippen MR) is 170 cm³/mol. The van der Waals surface area contributed by atoms with Crippen molar-refractivity contribution < 1.29 is 27.8 Å². The first-order valence-corrected chi connectivity index (χ1v) is 15.2. The van der Waals surface area contributed by atoms with Gasteiger partial charge in [-0.1, -0.05) is 24.3 Å². The van der Waals surface area contributed by atoms with Crippen molar-refractivity contribution in [2.75, 3.05) is 30.9 Å². The molecule has 8 nitrogen and oxygen atoms in total. The predicted octanol–water partition coefficient (Wildman–Crippen LogP) is 7.13. The number of anilines is 2. The fraction of sp³-hybridized carbons (Fsp3) is 0.206. The van der Waals surface area contributed by atoms with Crippen molar-refractivity contribution >= 4 is 44.7 Å². The highest BCUT2D eigenvalue weighted by atomic mass is 32.1. The summed E-state index contributed by atoms with van der Waals surface area (Å²) in [5, 5.41) is 8.64. The van der Waals surface area contributed by atoms with Crippen LogP contribution in [0.5, 0.6) is 11.5 Å². The fourth-order valence-corrected chi connectivity index (χ4v) is 5.90. The van der Waals surface area contributed by atoms with Crippen molar-refractivity contribution in [1.29, 1.82) is 0 Å². The number of carbonyl (C=O) groups is 2. The molecule has 1 aliphatic rings. The Morgan fingerprint density at radius 2 is 1.60 bits per heavy atom. The lowest BCUT2D eigenvalue weighted by molar-refractivity contribution is -0.131. The van der Waals surface area contributed by atoms with E-state index in [0.29, 0.717) is 30.9 Å². The molecule has 5 aromatic rings. The molecule has 6 rings (SSSR count). The van der Waals surface area contributed by atoms with Crippen molar-refractivity contribution in [1.82, 2.24) is 10.3 Å². The van der Waals surface area contributed by atoms with E-state index in [1.165, 1.54) is 47.7 Å². The van der Waals surface area contributed by atoms with Gasteiger partial charge in [0.25, 0.3) is 0 Å². The lowest BCUT2D eigenvalue weighted by Gasteiger charge is -2.16. The Morgan fingerprint density at radius 1 is 0.889 bits per heavy atom. The number of hydrogen-bond donors (Lipinski definition) is 3. The molecule has 1 aliphatic carbocycles. The van der Waals surface area contributed by atoms with Gasteiger partial charge in [-0.25, -0.2) is 8.78 Å². The summed E-state index contributed by atoms with van der Waals surface area (Å²) in [6, 6.07) is 21.3. The number of benzene rings is 3. The Morgan fingerprint density at radius 3 is 2.29 bits per heavy atom. The van der Waals surface area contributed by atoms with Gasteiger partial charge in [0.2, 0.25) is 11.8 Å². The maximum Gasteiger partial charge on any atom is 0.240 e. The molecule has 0 spiro atoms. The topological polar surface area (TPSA) is 102 Å². The smallest absolute Gasteiger partial charge is 0.240 e. The highest BCUT2D eigenvalue weighted by Gasteiger charge is 2.56. The van der Waals surface area contributed by atoms with Crippen LogP contribution in [-0.4, -0.2) is 37.1 Å². The van der Waals surface area contributed by atoms with E-state index in [2.05, 4.69) is 45.2 Å². The summed E-state index contributed by atoms with van der Waals surface area (Å²) in [6.45, 7) is 2.18. The zero-order chi connectivity index (χ0) is 31.4. The number of carbonyl (C=O) groups excluding carboxylic acids is 2. The van der Waals surface area contributed by atoms with Crippen molar-refractivity contribution in [2.45, 2.75) is 19.4 Å². The molecule has 1 saturated carbocycles. The molecule has 0 aliphatic heterocycles. The second-order valence-corrected chi connectivity index (χ2v) is 11.8. The molecule has 45 heavy (non-hydrogen) atoms. The Balaban J connectivity index is 1.12. The molecule has 2 amide bonds. The molecule has 3 N–H and O–H groups in total. The van der Waals surface area contributed by atoms with E-state index >= 15 is 4.39 Å². The lowest BCUT2D eigenvalue weighted by atomic mass is 10.0. The van der Waals surface area contributed by atoms with E-state index in [-0.39, 0.29) is 11.4 Å². The van der Waals surface area contributed by atoms with Gasteiger partial charge in [-0.2, -0.15) is 0 Å². The molecule has 0 atom stereocenters. The molecular weight excluding hydrogens is 598 g/mol. The first-order valence-electron chi connectivity index (χ1n) is 14.4. The van der Waals surface area contributed by atoms with E-state index in [1.807, 2.05) is 6.07 Å². The van der Waals surface area contributed by atoms with Crippen LogP contribution in [0.15, 0.2) is 85.1 Å². The van der Waals surface area contributed by atoms with E-state index in [0.717, 1.165) is 45.4 Å². The number of ether oxygens (including phenoxy) is 2. The van der Waals surface area contributed by atoms with Crippen molar-refractivity contribution in [2.24, 2.45) is 5.41 Å². The summed E-state index contributed by atoms with van der Waals surface area (Å²) < 4.78 is 40.2. The van der Waals surface area contributed by atoms with Crippen LogP contribution in [0.2, 0.25) is 0 Å². The van der Waals surface area contributed by atoms with Gasteiger partial charge in [0.15, 0.2) is 11.6 Å². The Bertz CT molecular complexity index is 1840. The van der Waals surface area contributed by atoms with E-state index in [1.54, 1.807) is 19.4 Å². The summed E-state index contributed by atoms with van der Waals surface area (Å²) in [5.74, 6) is -1.69. The summed E-state index contributed by atoms with van der Waals surface area (Å²) in [4.78, 5) is 31.3. The van der Waals surface area contributed by atoms with Crippen LogP contribution in [0.4, 0.5) is 20.2 Å². The maximum absolute atomic E-state index is 15.2. The number of fused-ring (bicyclic) bond motifs is 1. The fourth-order valence-electron chi connectivity index (χ4n) is 4.83. The SMILES string of the molecule is COCCNCc1ccc(-c2cc3nccc(Oc4ccc(NC(=O)C5(C(=O)Nc6ccc(F)cc6)CC5)cc4F)c3s2)cc1. The molecule has 1 fully saturated rings. The second kappa shape index (κ2) is 13.1. The van der Waals surface area contributed by atoms with Gasteiger partial charge >= 0.3 is 0 Å². The van der Waals surface area contributed by atoms with Gasteiger partial charge in [-0.3, -0.25) is 14.6 Å². The number of rotatable bonds is 12. The number of halogens is 2. The van der Waals surface area contributed by atoms with Gasteiger partial charge < -0.3 is 25.4 Å². The van der Waals surface area contributed by atoms with Crippen LogP contribution in [0, 0.1) is 17.0 Å². The molecule has 0 unspecified atom stereocenters. The highest BCUT2D eigenvalue weighted by Crippen LogP contribution is 2.48. The van der Waals surface area contributed by atoms with Crippen molar-refractivity contribution in [3.05, 3.63) is 102 Å². The highest BCUT2D eigenvalue weighted by molar-refractivity contribution is 7.22. The van der Waals surface area contributed by atoms with Crippen LogP contribution in [-0.2, 0) is 20.9 Å². The normalized spacial score (nSPS) is 13.4. The first-order chi connectivity index (χ1) is 21.8. The third-order valence-electron chi connectivity index (χ3n) is 7.56. The summed E-state index contributed by atoms with van der Waals surface area (Å²) in [6.07, 6.45) is 2.32. The van der Waals surface area contributed by atoms with Crippen LogP contribution in [0.3, 0.4) is 0 Å². The molecule has 0 radical (unpaired) electrons. The molecule has 11 heteroatoms. The molecular formula is C34H30F2N4O4S. The van der Waals surface area contributed by atoms with Crippen molar-refractivity contribution in [3.8, 4) is 21.9 Å². The van der Waals surface area contributed by atoms with E-state index in [9.17, 15) is 14.0 Å².